The number of rotatable bonds is 7. The molecule has 3 rings (SSSR count). The van der Waals surface area contributed by atoms with Gasteiger partial charge in [-0.1, -0.05) is 19.8 Å². The third-order valence-corrected chi connectivity index (χ3v) is 7.51. The number of hydrogen-bond donors (Lipinski definition) is 2. The molecule has 0 bridgehead atoms. The van der Waals surface area contributed by atoms with Crippen LogP contribution in [0.1, 0.15) is 64.7 Å². The number of nitrogens with one attached hydrogen (secondary N) is 2. The summed E-state index contributed by atoms with van der Waals surface area (Å²) >= 11 is 0. The van der Waals surface area contributed by atoms with E-state index in [1.807, 2.05) is 7.05 Å². The minimum absolute atomic E-state index is 0. The first-order valence-electron chi connectivity index (χ1n) is 12.3. The van der Waals surface area contributed by atoms with Gasteiger partial charge in [-0.15, -0.1) is 24.0 Å². The lowest BCUT2D eigenvalue weighted by atomic mass is 9.84. The molecule has 2 N–H and O–H groups in total. The summed E-state index contributed by atoms with van der Waals surface area (Å²) in [6.07, 6.45) is 11.7. The van der Waals surface area contributed by atoms with E-state index >= 15 is 0 Å². The van der Waals surface area contributed by atoms with Gasteiger partial charge in [0.05, 0.1) is 0 Å². The smallest absolute Gasteiger partial charge is 0.191 e. The molecule has 176 valence electrons. The van der Waals surface area contributed by atoms with Gasteiger partial charge >= 0.3 is 0 Å². The van der Waals surface area contributed by atoms with Crippen molar-refractivity contribution in [3.05, 3.63) is 0 Å². The third kappa shape index (κ3) is 7.48. The molecule has 0 aliphatic carbocycles. The predicted molar refractivity (Wildman–Crippen MR) is 139 cm³/mol. The SMILES string of the molecule is CCCCN1CCC(NC(=NC)NCC2(N3CCCCC3)CCN(C)CC2)CC1.I. The number of unbranched alkanes of at least 4 members (excludes halogenated alkanes) is 1. The topological polar surface area (TPSA) is 46.1 Å². The Kier molecular flexibility index (Phi) is 11.7. The molecule has 30 heavy (non-hydrogen) atoms. The van der Waals surface area contributed by atoms with E-state index in [0.717, 1.165) is 12.5 Å². The number of aliphatic imine (C=N–C) groups is 1. The summed E-state index contributed by atoms with van der Waals surface area (Å²) in [6, 6.07) is 0.558. The van der Waals surface area contributed by atoms with Crippen LogP contribution in [0.2, 0.25) is 0 Å². The molecule has 3 saturated heterocycles. The number of halogens is 1. The molecule has 7 heteroatoms. The molecule has 0 saturated carbocycles. The maximum Gasteiger partial charge on any atom is 0.191 e. The molecule has 0 aromatic carbocycles. The first-order chi connectivity index (χ1) is 14.1. The maximum atomic E-state index is 4.58. The van der Waals surface area contributed by atoms with Gasteiger partial charge in [-0.3, -0.25) is 9.89 Å². The van der Waals surface area contributed by atoms with E-state index in [0.29, 0.717) is 11.6 Å². The summed E-state index contributed by atoms with van der Waals surface area (Å²) in [5, 5.41) is 7.48. The largest absolute Gasteiger partial charge is 0.355 e. The van der Waals surface area contributed by atoms with Crippen molar-refractivity contribution in [2.24, 2.45) is 4.99 Å². The normalized spacial score (nSPS) is 25.0. The molecule has 6 nitrogen and oxygen atoms in total. The fourth-order valence-corrected chi connectivity index (χ4v) is 5.33. The van der Waals surface area contributed by atoms with Gasteiger partial charge in [0.25, 0.3) is 0 Å². The minimum Gasteiger partial charge on any atom is -0.355 e. The predicted octanol–water partition coefficient (Wildman–Crippen LogP) is 2.98. The second kappa shape index (κ2) is 13.4. The van der Waals surface area contributed by atoms with Crippen LogP contribution in [-0.4, -0.2) is 98.7 Å². The first-order valence-corrected chi connectivity index (χ1v) is 12.3. The number of nitrogens with zero attached hydrogens (tertiary/aromatic N) is 4. The van der Waals surface area contributed by atoms with E-state index in [-0.39, 0.29) is 24.0 Å². The Morgan fingerprint density at radius 1 is 1.00 bits per heavy atom. The second-order valence-electron chi connectivity index (χ2n) is 9.61. The molecule has 0 amide bonds. The molecule has 0 aromatic rings. The van der Waals surface area contributed by atoms with Gasteiger partial charge in [0.15, 0.2) is 5.96 Å². The summed E-state index contributed by atoms with van der Waals surface area (Å²) in [7, 11) is 4.19. The monoisotopic (exact) mass is 534 g/mol. The lowest BCUT2D eigenvalue weighted by Gasteiger charge is -2.50. The Bertz CT molecular complexity index is 492. The maximum absolute atomic E-state index is 4.58. The standard InChI is InChI=1S/C23H46N6.HI/c1-4-5-13-28-16-9-21(10-17-28)26-22(24-2)25-20-23(11-18-27(3)19-12-23)29-14-7-6-8-15-29;/h21H,4-20H2,1-3H3,(H2,24,25,26);1H. The van der Waals surface area contributed by atoms with Crippen molar-refractivity contribution < 1.29 is 0 Å². The molecule has 3 heterocycles. The van der Waals surface area contributed by atoms with Crippen LogP contribution >= 0.6 is 24.0 Å². The highest BCUT2D eigenvalue weighted by molar-refractivity contribution is 14.0. The van der Waals surface area contributed by atoms with Crippen LogP contribution in [0.5, 0.6) is 0 Å². The lowest BCUT2D eigenvalue weighted by molar-refractivity contribution is 0.0172. The Balaban J connectivity index is 0.00000320. The number of likely N-dealkylation sites (tertiary alicyclic amines) is 3. The quantitative estimate of drug-likeness (QED) is 0.299. The first kappa shape index (κ1) is 26.1. The molecule has 3 fully saturated rings. The van der Waals surface area contributed by atoms with Crippen LogP contribution in [0, 0.1) is 0 Å². The molecule has 0 unspecified atom stereocenters. The molecule has 3 aliphatic heterocycles. The third-order valence-electron chi connectivity index (χ3n) is 7.51. The summed E-state index contributed by atoms with van der Waals surface area (Å²) in [4.78, 5) is 12.5. The van der Waals surface area contributed by atoms with Crippen LogP contribution < -0.4 is 10.6 Å². The molecule has 0 aromatic heterocycles. The number of piperidine rings is 3. The van der Waals surface area contributed by atoms with Crippen molar-refractivity contribution in [2.75, 3.05) is 66.5 Å². The van der Waals surface area contributed by atoms with Crippen LogP contribution in [0.25, 0.3) is 0 Å². The lowest BCUT2D eigenvalue weighted by Crippen LogP contribution is -2.62. The molecule has 0 radical (unpaired) electrons. The van der Waals surface area contributed by atoms with Crippen LogP contribution in [0.4, 0.5) is 0 Å². The van der Waals surface area contributed by atoms with E-state index < -0.39 is 0 Å². The highest BCUT2D eigenvalue weighted by Gasteiger charge is 2.39. The van der Waals surface area contributed by atoms with E-state index in [2.05, 4.69) is 44.3 Å². The van der Waals surface area contributed by atoms with E-state index in [1.165, 1.54) is 104 Å². The Morgan fingerprint density at radius 2 is 1.67 bits per heavy atom. The summed E-state index contributed by atoms with van der Waals surface area (Å²) < 4.78 is 0. The molecule has 3 aliphatic rings. The zero-order chi connectivity index (χ0) is 20.5. The Hall–Kier alpha value is -0.120. The molecular formula is C23H47IN6. The van der Waals surface area contributed by atoms with Crippen LogP contribution in [0.15, 0.2) is 4.99 Å². The van der Waals surface area contributed by atoms with Gasteiger partial charge in [-0.2, -0.15) is 0 Å². The van der Waals surface area contributed by atoms with Gasteiger partial charge in [-0.25, -0.2) is 0 Å². The van der Waals surface area contributed by atoms with E-state index in [1.54, 1.807) is 0 Å². The van der Waals surface area contributed by atoms with E-state index in [4.69, 9.17) is 0 Å². The number of guanidine groups is 1. The average Bonchev–Trinajstić information content (AvgIpc) is 2.78. The summed E-state index contributed by atoms with van der Waals surface area (Å²) in [5.74, 6) is 1.01. The van der Waals surface area contributed by atoms with Gasteiger partial charge in [0, 0.05) is 38.3 Å². The van der Waals surface area contributed by atoms with Crippen molar-refractivity contribution in [2.45, 2.75) is 76.3 Å². The zero-order valence-corrected chi connectivity index (χ0v) is 22.1. The van der Waals surface area contributed by atoms with Crippen molar-refractivity contribution in [1.82, 2.24) is 25.3 Å². The van der Waals surface area contributed by atoms with Gasteiger partial charge < -0.3 is 20.4 Å². The molecule has 0 spiro atoms. The van der Waals surface area contributed by atoms with E-state index in [9.17, 15) is 0 Å². The molecule has 0 atom stereocenters. The summed E-state index contributed by atoms with van der Waals surface area (Å²) in [5.41, 5.74) is 0.300. The zero-order valence-electron chi connectivity index (χ0n) is 19.8. The van der Waals surface area contributed by atoms with Crippen molar-refractivity contribution in [3.8, 4) is 0 Å². The van der Waals surface area contributed by atoms with Crippen LogP contribution in [0.3, 0.4) is 0 Å². The van der Waals surface area contributed by atoms with Crippen molar-refractivity contribution in [1.29, 1.82) is 0 Å². The van der Waals surface area contributed by atoms with Crippen LogP contribution in [-0.2, 0) is 0 Å². The minimum atomic E-state index is 0. The number of hydrogen-bond acceptors (Lipinski definition) is 4. The highest BCUT2D eigenvalue weighted by Crippen LogP contribution is 2.30. The van der Waals surface area contributed by atoms with Crippen molar-refractivity contribution in [3.63, 3.8) is 0 Å². The fraction of sp³-hybridized carbons (Fsp3) is 0.957. The van der Waals surface area contributed by atoms with Gasteiger partial charge in [0.1, 0.15) is 0 Å². The summed E-state index contributed by atoms with van der Waals surface area (Å²) in [6.45, 7) is 12.0. The Morgan fingerprint density at radius 3 is 2.27 bits per heavy atom. The molecular weight excluding hydrogens is 487 g/mol. The van der Waals surface area contributed by atoms with Gasteiger partial charge in [-0.05, 0) is 84.7 Å². The fourth-order valence-electron chi connectivity index (χ4n) is 5.33. The Labute approximate surface area is 202 Å². The van der Waals surface area contributed by atoms with Crippen molar-refractivity contribution >= 4 is 29.9 Å². The second-order valence-corrected chi connectivity index (χ2v) is 9.61. The highest BCUT2D eigenvalue weighted by atomic mass is 127. The average molecular weight is 535 g/mol. The van der Waals surface area contributed by atoms with Gasteiger partial charge in [0.2, 0.25) is 0 Å².